The molecule has 1 saturated carbocycles. The summed E-state index contributed by atoms with van der Waals surface area (Å²) >= 11 is 0. The van der Waals surface area contributed by atoms with E-state index in [2.05, 4.69) is 5.32 Å². The van der Waals surface area contributed by atoms with Crippen molar-refractivity contribution in [2.45, 2.75) is 51.9 Å². The van der Waals surface area contributed by atoms with Gasteiger partial charge in [0.1, 0.15) is 0 Å². The highest BCUT2D eigenvalue weighted by molar-refractivity contribution is 5.95. The first-order valence-corrected chi connectivity index (χ1v) is 7.56. The summed E-state index contributed by atoms with van der Waals surface area (Å²) in [5.74, 6) is 0.848. The first-order valence-electron chi connectivity index (χ1n) is 7.56. The van der Waals surface area contributed by atoms with Crippen LogP contribution in [0.1, 0.15) is 62.2 Å². The summed E-state index contributed by atoms with van der Waals surface area (Å²) in [6.45, 7) is 1.54. The predicted octanol–water partition coefficient (Wildman–Crippen LogP) is 4.19. The third-order valence-corrected chi connectivity index (χ3v) is 4.08. The van der Waals surface area contributed by atoms with Gasteiger partial charge in [-0.25, -0.2) is 0 Å². The number of carbonyl (C=O) groups is 2. The van der Waals surface area contributed by atoms with Crippen molar-refractivity contribution in [2.75, 3.05) is 5.32 Å². The molecule has 1 aliphatic rings. The van der Waals surface area contributed by atoms with E-state index in [0.717, 1.165) is 18.0 Å². The third-order valence-electron chi connectivity index (χ3n) is 4.08. The number of ketones is 1. The Balaban J connectivity index is 1.77. The van der Waals surface area contributed by atoms with Gasteiger partial charge < -0.3 is 5.32 Å². The van der Waals surface area contributed by atoms with Crippen LogP contribution < -0.4 is 5.32 Å². The second-order valence-electron chi connectivity index (χ2n) is 5.72. The van der Waals surface area contributed by atoms with Gasteiger partial charge >= 0.3 is 0 Å². The first-order chi connectivity index (χ1) is 9.65. The van der Waals surface area contributed by atoms with E-state index in [4.69, 9.17) is 0 Å². The van der Waals surface area contributed by atoms with Gasteiger partial charge in [0, 0.05) is 17.7 Å². The van der Waals surface area contributed by atoms with Crippen LogP contribution in [0, 0.1) is 5.92 Å². The number of nitrogens with one attached hydrogen (secondary N) is 1. The molecule has 1 aromatic carbocycles. The van der Waals surface area contributed by atoms with Gasteiger partial charge in [-0.15, -0.1) is 0 Å². The molecular formula is C17H23NO2. The van der Waals surface area contributed by atoms with Gasteiger partial charge in [-0.2, -0.15) is 0 Å². The maximum absolute atomic E-state index is 11.9. The lowest BCUT2D eigenvalue weighted by molar-refractivity contribution is -0.116. The molecule has 0 heterocycles. The minimum atomic E-state index is 0.0418. The molecule has 0 aromatic heterocycles. The standard InChI is InChI=1S/C17H23NO2/c1-13(19)15-8-10-16(11-9-15)18-17(20)12-7-14-5-3-2-4-6-14/h8-11,14H,2-7,12H2,1H3,(H,18,20). The number of hydrogen-bond acceptors (Lipinski definition) is 2. The molecule has 1 aliphatic carbocycles. The van der Waals surface area contributed by atoms with E-state index in [1.165, 1.54) is 39.0 Å². The van der Waals surface area contributed by atoms with Crippen LogP contribution in [0.5, 0.6) is 0 Å². The SMILES string of the molecule is CC(=O)c1ccc(NC(=O)CCC2CCCCC2)cc1. The minimum absolute atomic E-state index is 0.0418. The Morgan fingerprint density at radius 1 is 1.10 bits per heavy atom. The zero-order valence-corrected chi connectivity index (χ0v) is 12.2. The number of carbonyl (C=O) groups excluding carboxylic acids is 2. The molecule has 1 N–H and O–H groups in total. The van der Waals surface area contributed by atoms with E-state index in [-0.39, 0.29) is 11.7 Å². The monoisotopic (exact) mass is 273 g/mol. The molecule has 0 bridgehead atoms. The van der Waals surface area contributed by atoms with Crippen molar-refractivity contribution in [3.8, 4) is 0 Å². The molecule has 108 valence electrons. The van der Waals surface area contributed by atoms with Gasteiger partial charge in [-0.3, -0.25) is 9.59 Å². The fourth-order valence-electron chi connectivity index (χ4n) is 2.82. The van der Waals surface area contributed by atoms with Crippen molar-refractivity contribution < 1.29 is 9.59 Å². The number of anilines is 1. The number of hydrogen-bond donors (Lipinski definition) is 1. The summed E-state index contributed by atoms with van der Waals surface area (Å²) in [5.41, 5.74) is 1.44. The molecule has 1 amide bonds. The summed E-state index contributed by atoms with van der Waals surface area (Å²) in [5, 5.41) is 2.90. The van der Waals surface area contributed by atoms with E-state index in [0.29, 0.717) is 12.0 Å². The third kappa shape index (κ3) is 4.48. The van der Waals surface area contributed by atoms with E-state index < -0.39 is 0 Å². The van der Waals surface area contributed by atoms with Crippen LogP contribution in [0.25, 0.3) is 0 Å². The Kier molecular flexibility index (Phi) is 5.33. The van der Waals surface area contributed by atoms with Crippen molar-refractivity contribution in [2.24, 2.45) is 5.92 Å². The summed E-state index contributed by atoms with van der Waals surface area (Å²) in [6, 6.07) is 7.07. The topological polar surface area (TPSA) is 46.2 Å². The highest BCUT2D eigenvalue weighted by Crippen LogP contribution is 2.27. The molecule has 0 atom stereocenters. The molecule has 0 aliphatic heterocycles. The lowest BCUT2D eigenvalue weighted by atomic mass is 9.86. The molecule has 0 radical (unpaired) electrons. The molecule has 1 fully saturated rings. The lowest BCUT2D eigenvalue weighted by Gasteiger charge is -2.20. The van der Waals surface area contributed by atoms with Crippen LogP contribution in [-0.4, -0.2) is 11.7 Å². The van der Waals surface area contributed by atoms with Crippen LogP contribution in [0.2, 0.25) is 0 Å². The predicted molar refractivity (Wildman–Crippen MR) is 80.9 cm³/mol. The summed E-state index contributed by atoms with van der Waals surface area (Å²) in [6.07, 6.45) is 8.14. The molecular weight excluding hydrogens is 250 g/mol. The maximum atomic E-state index is 11.9. The van der Waals surface area contributed by atoms with Crippen molar-refractivity contribution in [1.82, 2.24) is 0 Å². The van der Waals surface area contributed by atoms with E-state index in [9.17, 15) is 9.59 Å². The molecule has 2 rings (SSSR count). The molecule has 1 aromatic rings. The quantitative estimate of drug-likeness (QED) is 0.818. The van der Waals surface area contributed by atoms with Crippen LogP contribution in [0.15, 0.2) is 24.3 Å². The molecule has 20 heavy (non-hydrogen) atoms. The first kappa shape index (κ1) is 14.8. The Bertz CT molecular complexity index is 458. The Labute approximate surface area is 120 Å². The van der Waals surface area contributed by atoms with Crippen LogP contribution in [0.4, 0.5) is 5.69 Å². The summed E-state index contributed by atoms with van der Waals surface area (Å²) < 4.78 is 0. The largest absolute Gasteiger partial charge is 0.326 e. The molecule has 3 heteroatoms. The fourth-order valence-corrected chi connectivity index (χ4v) is 2.82. The zero-order valence-electron chi connectivity index (χ0n) is 12.2. The Morgan fingerprint density at radius 3 is 2.35 bits per heavy atom. The van der Waals surface area contributed by atoms with Crippen LogP contribution in [-0.2, 0) is 4.79 Å². The smallest absolute Gasteiger partial charge is 0.224 e. The maximum Gasteiger partial charge on any atom is 0.224 e. The van der Waals surface area contributed by atoms with Gasteiger partial charge in [0.2, 0.25) is 5.91 Å². The van der Waals surface area contributed by atoms with Gasteiger partial charge in [-0.1, -0.05) is 32.1 Å². The van der Waals surface area contributed by atoms with Crippen molar-refractivity contribution in [3.05, 3.63) is 29.8 Å². The van der Waals surface area contributed by atoms with E-state index in [1.807, 2.05) is 0 Å². The number of Topliss-reactive ketones (excluding diaryl/α,β-unsaturated/α-hetero) is 1. The van der Waals surface area contributed by atoms with E-state index in [1.54, 1.807) is 24.3 Å². The molecule has 0 unspecified atom stereocenters. The van der Waals surface area contributed by atoms with Crippen LogP contribution >= 0.6 is 0 Å². The summed E-state index contributed by atoms with van der Waals surface area (Å²) in [4.78, 5) is 23.1. The second kappa shape index (κ2) is 7.22. The van der Waals surface area contributed by atoms with E-state index >= 15 is 0 Å². The number of amides is 1. The molecule has 3 nitrogen and oxygen atoms in total. The summed E-state index contributed by atoms with van der Waals surface area (Å²) in [7, 11) is 0. The highest BCUT2D eigenvalue weighted by Gasteiger charge is 2.14. The van der Waals surface area contributed by atoms with Crippen molar-refractivity contribution in [3.63, 3.8) is 0 Å². The molecule has 0 saturated heterocycles. The van der Waals surface area contributed by atoms with Crippen molar-refractivity contribution in [1.29, 1.82) is 0 Å². The Morgan fingerprint density at radius 2 is 1.75 bits per heavy atom. The van der Waals surface area contributed by atoms with Gasteiger partial charge in [0.25, 0.3) is 0 Å². The number of benzene rings is 1. The molecule has 0 spiro atoms. The van der Waals surface area contributed by atoms with Crippen molar-refractivity contribution >= 4 is 17.4 Å². The van der Waals surface area contributed by atoms with Gasteiger partial charge in [0.05, 0.1) is 0 Å². The Hall–Kier alpha value is -1.64. The minimum Gasteiger partial charge on any atom is -0.326 e. The normalized spacial score (nSPS) is 15.8. The van der Waals surface area contributed by atoms with Gasteiger partial charge in [0.15, 0.2) is 5.78 Å². The fraction of sp³-hybridized carbons (Fsp3) is 0.529. The second-order valence-corrected chi connectivity index (χ2v) is 5.72. The average Bonchev–Trinajstić information content (AvgIpc) is 2.47. The van der Waals surface area contributed by atoms with Gasteiger partial charge in [-0.05, 0) is 43.5 Å². The van der Waals surface area contributed by atoms with Crippen LogP contribution in [0.3, 0.4) is 0 Å². The lowest BCUT2D eigenvalue weighted by Crippen LogP contribution is -2.14. The zero-order chi connectivity index (χ0) is 14.4. The highest BCUT2D eigenvalue weighted by atomic mass is 16.1. The average molecular weight is 273 g/mol. The number of rotatable bonds is 5.